The molecule has 0 unspecified atom stereocenters. The molecule has 1 aromatic rings. The highest BCUT2D eigenvalue weighted by Gasteiger charge is 2.08. The van der Waals surface area contributed by atoms with Gasteiger partial charge in [0.25, 0.3) is 5.56 Å². The third-order valence-electron chi connectivity index (χ3n) is 1.83. The molecule has 0 saturated carbocycles. The Hall–Kier alpha value is -0.840. The molecular weight excluding hydrogens is 246 g/mol. The van der Waals surface area contributed by atoms with Crippen LogP contribution in [0.2, 0.25) is 0 Å². The molecule has 0 aliphatic heterocycles. The first kappa shape index (κ1) is 11.2. The van der Waals surface area contributed by atoms with Gasteiger partial charge in [-0.1, -0.05) is 13.3 Å². The molecule has 0 bridgehead atoms. The number of halogens is 1. The summed E-state index contributed by atoms with van der Waals surface area (Å²) in [6, 6.07) is 0. The molecule has 0 aliphatic carbocycles. The smallest absolute Gasteiger partial charge is 0.266 e. The molecule has 0 atom stereocenters. The second kappa shape index (κ2) is 4.59. The van der Waals surface area contributed by atoms with Crippen molar-refractivity contribution in [3.63, 3.8) is 0 Å². The SMILES string of the molecule is CCCc1nc(N(C)C)[nH]c(=O)c1Br. The molecule has 0 fully saturated rings. The van der Waals surface area contributed by atoms with Crippen LogP contribution in [0.25, 0.3) is 0 Å². The van der Waals surface area contributed by atoms with Crippen LogP contribution in [0.15, 0.2) is 9.27 Å². The maximum Gasteiger partial charge on any atom is 0.266 e. The van der Waals surface area contributed by atoms with E-state index in [0.29, 0.717) is 10.4 Å². The summed E-state index contributed by atoms with van der Waals surface area (Å²) in [5, 5.41) is 0. The molecule has 78 valence electrons. The van der Waals surface area contributed by atoms with Crippen LogP contribution >= 0.6 is 15.9 Å². The monoisotopic (exact) mass is 259 g/mol. The Balaban J connectivity index is 3.21. The highest BCUT2D eigenvalue weighted by molar-refractivity contribution is 9.10. The molecule has 5 heteroatoms. The predicted octanol–water partition coefficient (Wildman–Crippen LogP) is 1.55. The van der Waals surface area contributed by atoms with Gasteiger partial charge < -0.3 is 4.90 Å². The van der Waals surface area contributed by atoms with Crippen molar-refractivity contribution in [3.8, 4) is 0 Å². The van der Waals surface area contributed by atoms with E-state index >= 15 is 0 Å². The second-order valence-corrected chi connectivity index (χ2v) is 4.09. The Labute approximate surface area is 91.5 Å². The van der Waals surface area contributed by atoms with E-state index in [1.54, 1.807) is 4.90 Å². The average molecular weight is 260 g/mol. The van der Waals surface area contributed by atoms with Gasteiger partial charge in [-0.15, -0.1) is 0 Å². The summed E-state index contributed by atoms with van der Waals surface area (Å²) in [5.74, 6) is 0.599. The average Bonchev–Trinajstić information content (AvgIpc) is 2.12. The third-order valence-corrected chi connectivity index (χ3v) is 2.65. The normalized spacial score (nSPS) is 10.3. The van der Waals surface area contributed by atoms with Crippen LogP contribution in [0.1, 0.15) is 19.0 Å². The van der Waals surface area contributed by atoms with Gasteiger partial charge in [-0.25, -0.2) is 4.98 Å². The number of rotatable bonds is 3. The molecule has 1 aromatic heterocycles. The molecule has 14 heavy (non-hydrogen) atoms. The lowest BCUT2D eigenvalue weighted by atomic mass is 10.2. The van der Waals surface area contributed by atoms with Gasteiger partial charge in [0.1, 0.15) is 4.47 Å². The van der Waals surface area contributed by atoms with Gasteiger partial charge in [0.05, 0.1) is 5.69 Å². The Morgan fingerprint density at radius 1 is 1.50 bits per heavy atom. The van der Waals surface area contributed by atoms with Crippen molar-refractivity contribution in [2.75, 3.05) is 19.0 Å². The molecule has 0 aliphatic rings. The zero-order chi connectivity index (χ0) is 10.7. The molecule has 0 saturated heterocycles. The van der Waals surface area contributed by atoms with Crippen molar-refractivity contribution in [3.05, 3.63) is 20.5 Å². The summed E-state index contributed by atoms with van der Waals surface area (Å²) in [6.45, 7) is 2.06. The van der Waals surface area contributed by atoms with Crippen LogP contribution in [-0.4, -0.2) is 24.1 Å². The lowest BCUT2D eigenvalue weighted by molar-refractivity contribution is 0.844. The zero-order valence-corrected chi connectivity index (χ0v) is 10.2. The summed E-state index contributed by atoms with van der Waals surface area (Å²) < 4.78 is 0.546. The van der Waals surface area contributed by atoms with Crippen LogP contribution in [0.4, 0.5) is 5.95 Å². The van der Waals surface area contributed by atoms with Crippen LogP contribution in [0.3, 0.4) is 0 Å². The molecule has 0 amide bonds. The van der Waals surface area contributed by atoms with E-state index < -0.39 is 0 Å². The van der Waals surface area contributed by atoms with Crippen LogP contribution < -0.4 is 10.5 Å². The fourth-order valence-corrected chi connectivity index (χ4v) is 1.49. The molecule has 0 aromatic carbocycles. The van der Waals surface area contributed by atoms with Gasteiger partial charge in [-0.3, -0.25) is 9.78 Å². The number of nitrogens with zero attached hydrogens (tertiary/aromatic N) is 2. The number of aryl methyl sites for hydroxylation is 1. The van der Waals surface area contributed by atoms with Crippen molar-refractivity contribution in [1.82, 2.24) is 9.97 Å². The van der Waals surface area contributed by atoms with Gasteiger partial charge >= 0.3 is 0 Å². The predicted molar refractivity (Wildman–Crippen MR) is 60.9 cm³/mol. The first-order valence-corrected chi connectivity index (χ1v) is 5.31. The standard InChI is InChI=1S/C9H14BrN3O/c1-4-5-6-7(10)8(14)12-9(11-6)13(2)3/h4-5H2,1-3H3,(H,11,12,14). The van der Waals surface area contributed by atoms with Crippen molar-refractivity contribution in [2.24, 2.45) is 0 Å². The van der Waals surface area contributed by atoms with Crippen LogP contribution in [-0.2, 0) is 6.42 Å². The maximum atomic E-state index is 11.5. The van der Waals surface area contributed by atoms with Crippen LogP contribution in [0, 0.1) is 0 Å². The van der Waals surface area contributed by atoms with Gasteiger partial charge in [0.2, 0.25) is 5.95 Å². The Morgan fingerprint density at radius 2 is 2.14 bits per heavy atom. The fourth-order valence-electron chi connectivity index (χ4n) is 1.11. The maximum absolute atomic E-state index is 11.5. The summed E-state index contributed by atoms with van der Waals surface area (Å²) >= 11 is 3.24. The number of nitrogens with one attached hydrogen (secondary N) is 1. The van der Waals surface area contributed by atoms with Gasteiger partial charge in [-0.2, -0.15) is 0 Å². The number of hydrogen-bond acceptors (Lipinski definition) is 3. The van der Waals surface area contributed by atoms with E-state index in [0.717, 1.165) is 18.5 Å². The van der Waals surface area contributed by atoms with E-state index in [4.69, 9.17) is 0 Å². The van der Waals surface area contributed by atoms with E-state index in [9.17, 15) is 4.79 Å². The topological polar surface area (TPSA) is 49.0 Å². The number of aromatic amines is 1. The summed E-state index contributed by atoms with van der Waals surface area (Å²) in [6.07, 6.45) is 1.78. The van der Waals surface area contributed by atoms with Gasteiger partial charge in [0.15, 0.2) is 0 Å². The quantitative estimate of drug-likeness (QED) is 0.897. The molecule has 4 nitrogen and oxygen atoms in total. The number of aromatic nitrogens is 2. The van der Waals surface area contributed by atoms with E-state index in [-0.39, 0.29) is 5.56 Å². The van der Waals surface area contributed by atoms with Gasteiger partial charge in [0, 0.05) is 14.1 Å². The van der Waals surface area contributed by atoms with E-state index in [1.165, 1.54) is 0 Å². The van der Waals surface area contributed by atoms with Crippen molar-refractivity contribution in [1.29, 1.82) is 0 Å². The lowest BCUT2D eigenvalue weighted by Gasteiger charge is -2.12. The van der Waals surface area contributed by atoms with E-state index in [2.05, 4.69) is 32.8 Å². The Kier molecular flexibility index (Phi) is 3.69. The number of H-pyrrole nitrogens is 1. The second-order valence-electron chi connectivity index (χ2n) is 3.29. The zero-order valence-electron chi connectivity index (χ0n) is 8.59. The molecular formula is C9H14BrN3O. The Bertz CT molecular complexity index is 373. The summed E-state index contributed by atoms with van der Waals surface area (Å²) in [7, 11) is 3.70. The van der Waals surface area contributed by atoms with E-state index in [1.807, 2.05) is 14.1 Å². The molecule has 1 rings (SSSR count). The molecule has 1 N–H and O–H groups in total. The van der Waals surface area contributed by atoms with Crippen molar-refractivity contribution < 1.29 is 0 Å². The lowest BCUT2D eigenvalue weighted by Crippen LogP contribution is -2.20. The van der Waals surface area contributed by atoms with Crippen molar-refractivity contribution >= 4 is 21.9 Å². The first-order valence-electron chi connectivity index (χ1n) is 4.52. The van der Waals surface area contributed by atoms with Crippen LogP contribution in [0.5, 0.6) is 0 Å². The summed E-state index contributed by atoms with van der Waals surface area (Å²) in [4.78, 5) is 20.3. The largest absolute Gasteiger partial charge is 0.348 e. The molecule has 0 radical (unpaired) electrons. The highest BCUT2D eigenvalue weighted by Crippen LogP contribution is 2.13. The number of hydrogen-bond donors (Lipinski definition) is 1. The minimum Gasteiger partial charge on any atom is -0.348 e. The minimum atomic E-state index is -0.118. The van der Waals surface area contributed by atoms with Gasteiger partial charge in [-0.05, 0) is 22.4 Å². The highest BCUT2D eigenvalue weighted by atomic mass is 79.9. The fraction of sp³-hybridized carbons (Fsp3) is 0.556. The minimum absolute atomic E-state index is 0.118. The first-order chi connectivity index (χ1) is 6.56. The van der Waals surface area contributed by atoms with Crippen molar-refractivity contribution in [2.45, 2.75) is 19.8 Å². The number of anilines is 1. The third kappa shape index (κ3) is 2.35. The summed E-state index contributed by atoms with van der Waals surface area (Å²) in [5.41, 5.74) is 0.701. The Morgan fingerprint density at radius 3 is 2.64 bits per heavy atom. The molecule has 1 heterocycles. The molecule has 0 spiro atoms.